The molecule has 3 aromatic rings. The summed E-state index contributed by atoms with van der Waals surface area (Å²) in [7, 11) is 0. The summed E-state index contributed by atoms with van der Waals surface area (Å²) in [5.41, 5.74) is 3.90. The summed E-state index contributed by atoms with van der Waals surface area (Å²) in [6, 6.07) is 18.1. The number of ketones is 1. The van der Waals surface area contributed by atoms with Gasteiger partial charge >= 0.3 is 0 Å². The molecule has 7 nitrogen and oxygen atoms in total. The van der Waals surface area contributed by atoms with Gasteiger partial charge in [-0.3, -0.25) is 19.8 Å². The number of Topliss-reactive ketones (excluding diaryl/α,β-unsaturated/α-hetero) is 1. The van der Waals surface area contributed by atoms with Crippen LogP contribution in [0, 0.1) is 17.0 Å². The highest BCUT2D eigenvalue weighted by atomic mass is 16.6. The van der Waals surface area contributed by atoms with Crippen LogP contribution in [0.1, 0.15) is 32.6 Å². The van der Waals surface area contributed by atoms with Crippen LogP contribution < -0.4 is 9.47 Å². The highest BCUT2D eigenvalue weighted by Gasteiger charge is 2.33. The van der Waals surface area contributed by atoms with E-state index in [4.69, 9.17) is 9.47 Å². The molecule has 2 heterocycles. The fourth-order valence-electron chi connectivity index (χ4n) is 4.12. The van der Waals surface area contributed by atoms with Crippen molar-refractivity contribution < 1.29 is 19.2 Å². The summed E-state index contributed by atoms with van der Waals surface area (Å²) in [6.45, 7) is 3.74. The smallest absolute Gasteiger partial charge is 0.270 e. The molecule has 5 rings (SSSR count). The van der Waals surface area contributed by atoms with E-state index < -0.39 is 4.92 Å². The maximum atomic E-state index is 13.0. The summed E-state index contributed by atoms with van der Waals surface area (Å²) in [4.78, 5) is 25.8. The average molecular weight is 428 g/mol. The van der Waals surface area contributed by atoms with Gasteiger partial charge in [-0.2, -0.15) is 0 Å². The maximum absolute atomic E-state index is 13.0. The molecular weight excluding hydrogens is 408 g/mol. The standard InChI is InChI=1S/C25H20N2O5/c1-16-24-19(14-26(15-31-24)13-17-6-3-2-4-7-17)12-21-23(28)22(32-25(16)21)11-18-8-5-9-20(10-18)27(29)30/h2-12H,13-15H2,1H3/b22-11-. The van der Waals surface area contributed by atoms with E-state index in [1.807, 2.05) is 31.2 Å². The number of non-ortho nitro benzene ring substituents is 1. The Balaban J connectivity index is 1.43. The summed E-state index contributed by atoms with van der Waals surface area (Å²) in [5, 5.41) is 11.0. The molecule has 0 saturated heterocycles. The lowest BCUT2D eigenvalue weighted by Gasteiger charge is -2.30. The van der Waals surface area contributed by atoms with Crippen LogP contribution in [0.4, 0.5) is 5.69 Å². The van der Waals surface area contributed by atoms with E-state index in [1.54, 1.807) is 12.1 Å². The van der Waals surface area contributed by atoms with Crippen molar-refractivity contribution in [2.24, 2.45) is 0 Å². The number of rotatable bonds is 4. The molecule has 2 aliphatic rings. The van der Waals surface area contributed by atoms with E-state index in [0.717, 1.165) is 23.4 Å². The first-order valence-corrected chi connectivity index (χ1v) is 10.2. The molecule has 0 aliphatic carbocycles. The number of hydrogen-bond donors (Lipinski definition) is 0. The molecule has 0 amide bonds. The Morgan fingerprint density at radius 3 is 2.69 bits per heavy atom. The molecule has 0 spiro atoms. The summed E-state index contributed by atoms with van der Waals surface area (Å²) in [6.07, 6.45) is 1.54. The number of carbonyl (C=O) groups is 1. The van der Waals surface area contributed by atoms with E-state index in [0.29, 0.717) is 30.2 Å². The molecule has 0 bridgehead atoms. The molecule has 32 heavy (non-hydrogen) atoms. The van der Waals surface area contributed by atoms with Crippen molar-refractivity contribution in [1.29, 1.82) is 0 Å². The highest BCUT2D eigenvalue weighted by molar-refractivity contribution is 6.15. The number of nitro benzene ring substituents is 1. The predicted molar refractivity (Wildman–Crippen MR) is 118 cm³/mol. The number of benzene rings is 3. The van der Waals surface area contributed by atoms with Gasteiger partial charge in [0.1, 0.15) is 18.2 Å². The molecule has 0 radical (unpaired) electrons. The molecule has 7 heteroatoms. The second-order valence-electron chi connectivity index (χ2n) is 7.90. The van der Waals surface area contributed by atoms with Crippen LogP contribution in [0.25, 0.3) is 6.08 Å². The highest BCUT2D eigenvalue weighted by Crippen LogP contribution is 2.43. The van der Waals surface area contributed by atoms with Gasteiger partial charge in [-0.05, 0) is 30.2 Å². The fourth-order valence-corrected chi connectivity index (χ4v) is 4.12. The largest absolute Gasteiger partial charge is 0.477 e. The molecule has 160 valence electrons. The Bertz CT molecular complexity index is 1270. The van der Waals surface area contributed by atoms with Crippen LogP contribution in [-0.2, 0) is 13.1 Å². The monoisotopic (exact) mass is 428 g/mol. The molecule has 2 aliphatic heterocycles. The van der Waals surface area contributed by atoms with Crippen molar-refractivity contribution in [3.05, 3.63) is 104 Å². The van der Waals surface area contributed by atoms with Gasteiger partial charge in [0.25, 0.3) is 5.69 Å². The minimum absolute atomic E-state index is 0.0409. The Kier molecular flexibility index (Phi) is 4.95. The van der Waals surface area contributed by atoms with E-state index in [-0.39, 0.29) is 17.2 Å². The van der Waals surface area contributed by atoms with Crippen molar-refractivity contribution in [2.75, 3.05) is 6.73 Å². The van der Waals surface area contributed by atoms with E-state index >= 15 is 0 Å². The van der Waals surface area contributed by atoms with E-state index in [1.165, 1.54) is 23.8 Å². The SMILES string of the molecule is Cc1c2c(cc3c1O/C(=C\c1cccc([N+](=O)[O-])c1)C3=O)CN(Cc1ccccc1)CO2. The second-order valence-corrected chi connectivity index (χ2v) is 7.90. The number of nitro groups is 1. The maximum Gasteiger partial charge on any atom is 0.270 e. The van der Waals surface area contributed by atoms with Crippen LogP contribution in [0.15, 0.2) is 66.4 Å². The Hall–Kier alpha value is -3.97. The molecule has 0 atom stereocenters. The third kappa shape index (κ3) is 3.63. The van der Waals surface area contributed by atoms with Gasteiger partial charge in [-0.1, -0.05) is 42.5 Å². The first kappa shape index (κ1) is 20.0. The van der Waals surface area contributed by atoms with Gasteiger partial charge in [-0.25, -0.2) is 0 Å². The number of fused-ring (bicyclic) bond motifs is 2. The van der Waals surface area contributed by atoms with Crippen LogP contribution in [0.5, 0.6) is 11.5 Å². The number of carbonyl (C=O) groups excluding carboxylic acids is 1. The van der Waals surface area contributed by atoms with Gasteiger partial charge in [0.2, 0.25) is 5.78 Å². The van der Waals surface area contributed by atoms with Crippen LogP contribution in [0.3, 0.4) is 0 Å². The van der Waals surface area contributed by atoms with Crippen molar-refractivity contribution in [1.82, 2.24) is 4.90 Å². The van der Waals surface area contributed by atoms with E-state index in [9.17, 15) is 14.9 Å². The van der Waals surface area contributed by atoms with Crippen molar-refractivity contribution in [2.45, 2.75) is 20.0 Å². The first-order valence-electron chi connectivity index (χ1n) is 10.2. The van der Waals surface area contributed by atoms with Crippen molar-refractivity contribution in [3.8, 4) is 11.5 Å². The summed E-state index contributed by atoms with van der Waals surface area (Å²) >= 11 is 0. The topological polar surface area (TPSA) is 81.9 Å². The molecule has 3 aromatic carbocycles. The van der Waals surface area contributed by atoms with Crippen molar-refractivity contribution in [3.63, 3.8) is 0 Å². The molecule has 0 N–H and O–H groups in total. The number of hydrogen-bond acceptors (Lipinski definition) is 6. The quantitative estimate of drug-likeness (QED) is 0.335. The minimum Gasteiger partial charge on any atom is -0.477 e. The summed E-state index contributed by atoms with van der Waals surface area (Å²) < 4.78 is 11.9. The predicted octanol–water partition coefficient (Wildman–Crippen LogP) is 4.87. The first-order chi connectivity index (χ1) is 15.5. The fraction of sp³-hybridized carbons (Fsp3) is 0.160. The lowest BCUT2D eigenvalue weighted by atomic mass is 10.00. The Morgan fingerprint density at radius 1 is 1.09 bits per heavy atom. The van der Waals surface area contributed by atoms with Crippen LogP contribution in [-0.4, -0.2) is 22.3 Å². The second kappa shape index (κ2) is 7.94. The molecule has 0 aromatic heterocycles. The zero-order chi connectivity index (χ0) is 22.2. The number of allylic oxidation sites excluding steroid dienone is 1. The lowest BCUT2D eigenvalue weighted by Crippen LogP contribution is -2.32. The van der Waals surface area contributed by atoms with Gasteiger partial charge in [0.15, 0.2) is 5.76 Å². The van der Waals surface area contributed by atoms with Crippen LogP contribution >= 0.6 is 0 Å². The molecule has 0 unspecified atom stereocenters. The zero-order valence-electron chi connectivity index (χ0n) is 17.4. The zero-order valence-corrected chi connectivity index (χ0v) is 17.4. The Labute approximate surface area is 184 Å². The lowest BCUT2D eigenvalue weighted by molar-refractivity contribution is -0.384. The molecule has 0 fully saturated rings. The van der Waals surface area contributed by atoms with Gasteiger partial charge in [0, 0.05) is 36.3 Å². The minimum atomic E-state index is -0.467. The van der Waals surface area contributed by atoms with Gasteiger partial charge in [0.05, 0.1) is 10.5 Å². The molecular formula is C25H20N2O5. The van der Waals surface area contributed by atoms with E-state index in [2.05, 4.69) is 17.0 Å². The summed E-state index contributed by atoms with van der Waals surface area (Å²) in [5.74, 6) is 1.14. The van der Waals surface area contributed by atoms with Crippen LogP contribution in [0.2, 0.25) is 0 Å². The third-order valence-corrected chi connectivity index (χ3v) is 5.63. The van der Waals surface area contributed by atoms with Crippen molar-refractivity contribution >= 4 is 17.5 Å². The Morgan fingerprint density at radius 2 is 1.91 bits per heavy atom. The third-order valence-electron chi connectivity index (χ3n) is 5.63. The average Bonchev–Trinajstić information content (AvgIpc) is 3.10. The van der Waals surface area contributed by atoms with Gasteiger partial charge < -0.3 is 9.47 Å². The number of nitrogens with zero attached hydrogens (tertiary/aromatic N) is 2. The number of ether oxygens (including phenoxy) is 2. The normalized spacial score (nSPS) is 16.3. The molecule has 0 saturated carbocycles. The van der Waals surface area contributed by atoms with Gasteiger partial charge in [-0.15, -0.1) is 0 Å².